The Morgan fingerprint density at radius 2 is 2.18 bits per heavy atom. The number of benzene rings is 1. The van der Waals surface area contributed by atoms with E-state index in [2.05, 4.69) is 14.9 Å². The van der Waals surface area contributed by atoms with Crippen molar-refractivity contribution in [2.75, 3.05) is 39.6 Å². The number of carbonyl (C=O) groups is 1. The van der Waals surface area contributed by atoms with E-state index < -0.39 is 6.10 Å². The molecule has 0 saturated carbocycles. The van der Waals surface area contributed by atoms with Crippen LogP contribution < -0.4 is 4.74 Å². The molecule has 9 heteroatoms. The summed E-state index contributed by atoms with van der Waals surface area (Å²) in [5, 5.41) is 13.9. The third-order valence-corrected chi connectivity index (χ3v) is 8.49. The molecular weight excluding hydrogens is 470 g/mol. The molecule has 3 atom stereocenters. The van der Waals surface area contributed by atoms with E-state index >= 15 is 0 Å². The standard InChI is InChI=1S/C25H31N3O4S2/c1-31-18-4-5-22-20(15-18)19(7-9-26-22)23(29)6-3-17-8-11-28(16-21(17)24(30)32-2)12-14-34-25-27-10-13-33-25/h4-5,7,9-10,13,15,17,21,23,29H,3,6,8,11-12,14,16H2,1-2H3/t17-,21+,23?/m1/s1. The van der Waals surface area contributed by atoms with Crippen LogP contribution in [0.4, 0.5) is 0 Å². The summed E-state index contributed by atoms with van der Waals surface area (Å²) in [5.41, 5.74) is 1.67. The van der Waals surface area contributed by atoms with Crippen LogP contribution in [0.3, 0.4) is 0 Å². The topological polar surface area (TPSA) is 84.8 Å². The van der Waals surface area contributed by atoms with Gasteiger partial charge in [-0.3, -0.25) is 9.78 Å². The number of esters is 1. The third kappa shape index (κ3) is 6.07. The van der Waals surface area contributed by atoms with Gasteiger partial charge in [0.1, 0.15) is 10.1 Å². The van der Waals surface area contributed by atoms with Gasteiger partial charge in [-0.1, -0.05) is 11.8 Å². The van der Waals surface area contributed by atoms with Crippen molar-refractivity contribution in [2.45, 2.75) is 29.7 Å². The van der Waals surface area contributed by atoms with Crippen LogP contribution in [0.2, 0.25) is 0 Å². The molecule has 3 aromatic rings. The van der Waals surface area contributed by atoms with Crippen molar-refractivity contribution in [3.8, 4) is 5.75 Å². The van der Waals surface area contributed by atoms with Gasteiger partial charge in [0.25, 0.3) is 0 Å². The minimum atomic E-state index is -0.636. The van der Waals surface area contributed by atoms with Gasteiger partial charge in [0.2, 0.25) is 0 Å². The second kappa shape index (κ2) is 12.0. The summed E-state index contributed by atoms with van der Waals surface area (Å²) in [6.45, 7) is 2.56. The lowest BCUT2D eigenvalue weighted by Crippen LogP contribution is -2.45. The van der Waals surface area contributed by atoms with E-state index in [0.717, 1.165) is 58.2 Å². The smallest absolute Gasteiger partial charge is 0.310 e. The van der Waals surface area contributed by atoms with Gasteiger partial charge in [0.05, 0.1) is 31.8 Å². The zero-order chi connectivity index (χ0) is 23.9. The molecule has 0 aliphatic carbocycles. The van der Waals surface area contributed by atoms with Crippen LogP contribution in [0.15, 0.2) is 46.4 Å². The van der Waals surface area contributed by atoms with Crippen molar-refractivity contribution in [2.24, 2.45) is 11.8 Å². The normalized spacial score (nSPS) is 19.7. The Hall–Kier alpha value is -2.20. The summed E-state index contributed by atoms with van der Waals surface area (Å²) in [4.78, 5) is 23.7. The Morgan fingerprint density at radius 1 is 1.29 bits per heavy atom. The highest BCUT2D eigenvalue weighted by Crippen LogP contribution is 2.34. The summed E-state index contributed by atoms with van der Waals surface area (Å²) >= 11 is 3.41. The van der Waals surface area contributed by atoms with Crippen LogP contribution >= 0.6 is 23.1 Å². The van der Waals surface area contributed by atoms with Crippen molar-refractivity contribution in [3.05, 3.63) is 47.6 Å². The number of fused-ring (bicyclic) bond motifs is 1. The Morgan fingerprint density at radius 3 is 2.94 bits per heavy atom. The van der Waals surface area contributed by atoms with Crippen molar-refractivity contribution >= 4 is 40.0 Å². The summed E-state index contributed by atoms with van der Waals surface area (Å²) in [5.74, 6) is 1.54. The maximum absolute atomic E-state index is 12.6. The van der Waals surface area contributed by atoms with Gasteiger partial charge in [0, 0.05) is 42.0 Å². The zero-order valence-electron chi connectivity index (χ0n) is 19.6. The number of nitrogens with zero attached hydrogens (tertiary/aromatic N) is 3. The molecule has 1 fully saturated rings. The Kier molecular flexibility index (Phi) is 8.77. The lowest BCUT2D eigenvalue weighted by atomic mass is 9.81. The fraction of sp³-hybridized carbons (Fsp3) is 0.480. The van der Waals surface area contributed by atoms with Crippen molar-refractivity contribution in [3.63, 3.8) is 0 Å². The number of piperidine rings is 1. The Bertz CT molecular complexity index is 1080. The largest absolute Gasteiger partial charge is 0.497 e. The minimum Gasteiger partial charge on any atom is -0.497 e. The maximum atomic E-state index is 12.6. The highest BCUT2D eigenvalue weighted by Gasteiger charge is 2.35. The predicted octanol–water partition coefficient (Wildman–Crippen LogP) is 4.42. The molecule has 0 spiro atoms. The molecule has 1 unspecified atom stereocenters. The number of ether oxygens (including phenoxy) is 2. The molecule has 0 amide bonds. The van der Waals surface area contributed by atoms with Crippen molar-refractivity contribution in [1.82, 2.24) is 14.9 Å². The number of thiazole rings is 1. The van der Waals surface area contributed by atoms with Crippen LogP contribution in [0.5, 0.6) is 5.75 Å². The van der Waals surface area contributed by atoms with Crippen LogP contribution in [0.1, 0.15) is 30.9 Å². The van der Waals surface area contributed by atoms with Gasteiger partial charge in [-0.2, -0.15) is 0 Å². The van der Waals surface area contributed by atoms with Gasteiger partial charge >= 0.3 is 5.97 Å². The molecule has 3 heterocycles. The molecule has 0 bridgehead atoms. The van der Waals surface area contributed by atoms with E-state index in [4.69, 9.17) is 9.47 Å². The summed E-state index contributed by atoms with van der Waals surface area (Å²) in [7, 11) is 3.09. The van der Waals surface area contributed by atoms with E-state index in [0.29, 0.717) is 13.0 Å². The monoisotopic (exact) mass is 501 g/mol. The number of likely N-dealkylation sites (tertiary alicyclic amines) is 1. The highest BCUT2D eigenvalue weighted by molar-refractivity contribution is 8.01. The second-order valence-electron chi connectivity index (χ2n) is 8.50. The number of aliphatic hydroxyl groups excluding tert-OH is 1. The van der Waals surface area contributed by atoms with Crippen LogP contribution in [0.25, 0.3) is 10.9 Å². The first-order chi connectivity index (χ1) is 16.6. The average Bonchev–Trinajstić information content (AvgIpc) is 3.40. The number of methoxy groups -OCH3 is 2. The quantitative estimate of drug-likeness (QED) is 0.323. The molecule has 1 N–H and O–H groups in total. The number of hydrogen-bond donors (Lipinski definition) is 1. The summed E-state index contributed by atoms with van der Waals surface area (Å²) in [6.07, 6.45) is 5.17. The van der Waals surface area contributed by atoms with E-state index in [1.807, 2.05) is 35.8 Å². The number of thioether (sulfide) groups is 1. The van der Waals surface area contributed by atoms with E-state index in [1.165, 1.54) is 7.11 Å². The fourth-order valence-electron chi connectivity index (χ4n) is 4.67. The summed E-state index contributed by atoms with van der Waals surface area (Å²) in [6, 6.07) is 7.56. The van der Waals surface area contributed by atoms with E-state index in [-0.39, 0.29) is 17.8 Å². The molecule has 7 nitrogen and oxygen atoms in total. The van der Waals surface area contributed by atoms with E-state index in [1.54, 1.807) is 36.4 Å². The Labute approximate surface area is 208 Å². The third-order valence-electron chi connectivity index (χ3n) is 6.54. The molecular formula is C25H31N3O4S2. The molecule has 1 aliphatic rings. The molecule has 1 aliphatic heterocycles. The first-order valence-electron chi connectivity index (χ1n) is 11.5. The fourth-order valence-corrected chi connectivity index (χ4v) is 6.38. The Balaban J connectivity index is 1.37. The average molecular weight is 502 g/mol. The van der Waals surface area contributed by atoms with Gasteiger partial charge in [-0.05, 0) is 61.6 Å². The lowest BCUT2D eigenvalue weighted by molar-refractivity contribution is -0.150. The number of aromatic nitrogens is 2. The van der Waals surface area contributed by atoms with Gasteiger partial charge < -0.3 is 19.5 Å². The van der Waals surface area contributed by atoms with Crippen molar-refractivity contribution in [1.29, 1.82) is 0 Å². The van der Waals surface area contributed by atoms with Crippen LogP contribution in [0, 0.1) is 11.8 Å². The molecule has 0 radical (unpaired) electrons. The highest BCUT2D eigenvalue weighted by atomic mass is 32.2. The number of pyridine rings is 1. The summed E-state index contributed by atoms with van der Waals surface area (Å²) < 4.78 is 11.6. The van der Waals surface area contributed by atoms with Crippen LogP contribution in [-0.4, -0.2) is 65.6 Å². The SMILES string of the molecule is COC(=O)[C@H]1CN(CCSc2nccs2)CC[C@H]1CCC(O)c1ccnc2ccc(OC)cc12. The zero-order valence-corrected chi connectivity index (χ0v) is 21.2. The van der Waals surface area contributed by atoms with Gasteiger partial charge in [-0.15, -0.1) is 11.3 Å². The number of carbonyl (C=O) groups excluding carboxylic acids is 1. The first-order valence-corrected chi connectivity index (χ1v) is 13.4. The van der Waals surface area contributed by atoms with Crippen LogP contribution in [-0.2, 0) is 9.53 Å². The van der Waals surface area contributed by atoms with Gasteiger partial charge in [0.15, 0.2) is 0 Å². The number of aliphatic hydroxyl groups is 1. The maximum Gasteiger partial charge on any atom is 0.310 e. The minimum absolute atomic E-state index is 0.157. The first kappa shape index (κ1) is 24.9. The number of rotatable bonds is 10. The van der Waals surface area contributed by atoms with Gasteiger partial charge in [-0.25, -0.2) is 4.98 Å². The predicted molar refractivity (Wildman–Crippen MR) is 135 cm³/mol. The molecule has 1 saturated heterocycles. The molecule has 4 rings (SSSR count). The van der Waals surface area contributed by atoms with Crippen molar-refractivity contribution < 1.29 is 19.4 Å². The van der Waals surface area contributed by atoms with E-state index in [9.17, 15) is 9.90 Å². The molecule has 1 aromatic carbocycles. The second-order valence-corrected chi connectivity index (χ2v) is 10.7. The molecule has 34 heavy (non-hydrogen) atoms. The number of hydrogen-bond acceptors (Lipinski definition) is 9. The molecule has 2 aromatic heterocycles. The molecule has 182 valence electrons. The lowest BCUT2D eigenvalue weighted by Gasteiger charge is -2.37.